The Balaban J connectivity index is 1.18. The summed E-state index contributed by atoms with van der Waals surface area (Å²) in [5, 5.41) is 6.04. The van der Waals surface area contributed by atoms with Gasteiger partial charge in [0.25, 0.3) is 5.91 Å². The smallest absolute Gasteiger partial charge is 0.275 e. The van der Waals surface area contributed by atoms with Crippen LogP contribution in [0, 0.1) is 5.92 Å². The molecule has 1 amide bonds. The van der Waals surface area contributed by atoms with Crippen molar-refractivity contribution >= 4 is 40.1 Å². The molecule has 1 aliphatic heterocycles. The first kappa shape index (κ1) is 27.2. The van der Waals surface area contributed by atoms with Crippen LogP contribution in [0.2, 0.25) is 0 Å². The first-order valence-electron chi connectivity index (χ1n) is 13.8. The van der Waals surface area contributed by atoms with E-state index in [0.29, 0.717) is 17.5 Å². The number of aryl methyl sites for hydroxylation is 1. The quantitative estimate of drug-likeness (QED) is 0.225. The van der Waals surface area contributed by atoms with E-state index in [1.165, 1.54) is 11.1 Å². The number of anilines is 1. The molecule has 3 aromatic carbocycles. The molecule has 5 rings (SSSR count). The summed E-state index contributed by atoms with van der Waals surface area (Å²) in [7, 11) is 0. The second-order valence-electron chi connectivity index (χ2n) is 10.3. The Morgan fingerprint density at radius 3 is 2.41 bits per heavy atom. The second kappa shape index (κ2) is 12.7. The van der Waals surface area contributed by atoms with E-state index in [1.54, 1.807) is 11.3 Å². The molecule has 0 bridgehead atoms. The molecule has 4 nitrogen and oxygen atoms in total. The fraction of sp³-hybridized carbons (Fsp3) is 0.303. The van der Waals surface area contributed by atoms with Crippen LogP contribution in [0.4, 0.5) is 5.69 Å². The SMILES string of the molecule is CCc1ccc(-c2ccccc2NC(=O)c2csc(C3CCN(C(=S)C(C)Cc4ccccc4)CC3)n2)cc1. The number of carbonyl (C=O) groups is 1. The van der Waals surface area contributed by atoms with E-state index < -0.39 is 0 Å². The minimum absolute atomic E-state index is 0.163. The molecule has 1 atom stereocenters. The minimum Gasteiger partial charge on any atom is -0.366 e. The lowest BCUT2D eigenvalue weighted by atomic mass is 9.95. The minimum atomic E-state index is -0.163. The average Bonchev–Trinajstić information content (AvgIpc) is 3.48. The summed E-state index contributed by atoms with van der Waals surface area (Å²) in [5.74, 6) is 0.537. The number of thiazole rings is 1. The third-order valence-corrected chi connectivity index (χ3v) is 9.23. The Kier molecular flexibility index (Phi) is 8.84. The third kappa shape index (κ3) is 6.63. The first-order valence-corrected chi connectivity index (χ1v) is 15.1. The molecular weight excluding hydrogens is 519 g/mol. The number of nitrogens with one attached hydrogen (secondary N) is 1. The Labute approximate surface area is 241 Å². The number of rotatable bonds is 8. The molecule has 0 radical (unpaired) electrons. The van der Waals surface area contributed by atoms with Gasteiger partial charge in [-0.05, 0) is 48.4 Å². The average molecular weight is 554 g/mol. The molecule has 1 N–H and O–H groups in total. The maximum atomic E-state index is 13.2. The van der Waals surface area contributed by atoms with E-state index in [1.807, 2.05) is 29.6 Å². The number of hydrogen-bond acceptors (Lipinski definition) is 4. The van der Waals surface area contributed by atoms with Crippen molar-refractivity contribution in [2.45, 2.75) is 45.4 Å². The van der Waals surface area contributed by atoms with Crippen LogP contribution in [0.3, 0.4) is 0 Å². The normalized spacial score (nSPS) is 14.7. The Hall–Kier alpha value is -3.35. The molecule has 1 saturated heterocycles. The number of likely N-dealkylation sites (tertiary alicyclic amines) is 1. The van der Waals surface area contributed by atoms with Gasteiger partial charge < -0.3 is 10.2 Å². The highest BCUT2D eigenvalue weighted by Gasteiger charge is 2.27. The molecule has 2 heterocycles. The molecule has 1 aliphatic rings. The van der Waals surface area contributed by atoms with Crippen LogP contribution >= 0.6 is 23.6 Å². The summed E-state index contributed by atoms with van der Waals surface area (Å²) in [6.07, 6.45) is 3.98. The molecule has 0 aliphatic carbocycles. The predicted molar refractivity (Wildman–Crippen MR) is 167 cm³/mol. The lowest BCUT2D eigenvalue weighted by molar-refractivity contribution is 0.102. The lowest BCUT2D eigenvalue weighted by Gasteiger charge is -2.35. The zero-order chi connectivity index (χ0) is 27.2. The van der Waals surface area contributed by atoms with Crippen LogP contribution in [0.15, 0.2) is 84.2 Å². The van der Waals surface area contributed by atoms with Crippen LogP contribution < -0.4 is 5.32 Å². The second-order valence-corrected chi connectivity index (χ2v) is 11.6. The van der Waals surface area contributed by atoms with Crippen LogP contribution in [-0.2, 0) is 12.8 Å². The third-order valence-electron chi connectivity index (χ3n) is 7.57. The number of piperidine rings is 1. The number of aromatic nitrogens is 1. The van der Waals surface area contributed by atoms with Gasteiger partial charge in [-0.1, -0.05) is 98.9 Å². The van der Waals surface area contributed by atoms with E-state index >= 15 is 0 Å². The van der Waals surface area contributed by atoms with Gasteiger partial charge in [0.05, 0.1) is 10.00 Å². The molecule has 4 aromatic rings. The van der Waals surface area contributed by atoms with Gasteiger partial charge in [0.1, 0.15) is 5.69 Å². The Morgan fingerprint density at radius 2 is 1.69 bits per heavy atom. The van der Waals surface area contributed by atoms with Gasteiger partial charge in [-0.15, -0.1) is 11.3 Å². The van der Waals surface area contributed by atoms with Crippen molar-refractivity contribution in [3.63, 3.8) is 0 Å². The van der Waals surface area contributed by atoms with Gasteiger partial charge in [-0.3, -0.25) is 4.79 Å². The monoisotopic (exact) mass is 553 g/mol. The van der Waals surface area contributed by atoms with E-state index in [2.05, 4.69) is 78.7 Å². The van der Waals surface area contributed by atoms with Gasteiger partial charge in [0, 0.05) is 41.6 Å². The van der Waals surface area contributed by atoms with Crippen molar-refractivity contribution < 1.29 is 4.79 Å². The number of carbonyl (C=O) groups excluding carboxylic acids is 1. The largest absolute Gasteiger partial charge is 0.366 e. The zero-order valence-corrected chi connectivity index (χ0v) is 24.2. The van der Waals surface area contributed by atoms with Gasteiger partial charge in [-0.25, -0.2) is 4.98 Å². The van der Waals surface area contributed by atoms with Crippen molar-refractivity contribution in [3.8, 4) is 11.1 Å². The van der Waals surface area contributed by atoms with Crippen LogP contribution in [0.5, 0.6) is 0 Å². The molecule has 6 heteroatoms. The Bertz CT molecular complexity index is 1410. The maximum Gasteiger partial charge on any atom is 0.275 e. The van der Waals surface area contributed by atoms with E-state index in [0.717, 1.165) is 65.6 Å². The van der Waals surface area contributed by atoms with Crippen molar-refractivity contribution in [2.75, 3.05) is 18.4 Å². The molecule has 1 aromatic heterocycles. The van der Waals surface area contributed by atoms with Crippen molar-refractivity contribution in [1.82, 2.24) is 9.88 Å². The summed E-state index contributed by atoms with van der Waals surface area (Å²) in [6, 6.07) is 27.0. The predicted octanol–water partition coefficient (Wildman–Crippen LogP) is 8.01. The zero-order valence-electron chi connectivity index (χ0n) is 22.6. The molecule has 0 saturated carbocycles. The maximum absolute atomic E-state index is 13.2. The standard InChI is InChI=1S/C33H35N3OS2/c1-3-24-13-15-26(16-14-24)28-11-7-8-12-29(28)34-31(37)30-22-39-32(35-30)27-17-19-36(20-18-27)33(38)23(2)21-25-9-5-4-6-10-25/h4-16,22-23,27H,3,17-21H2,1-2H3,(H,34,37). The summed E-state index contributed by atoms with van der Waals surface area (Å²) in [6.45, 7) is 6.25. The molecule has 39 heavy (non-hydrogen) atoms. The molecular formula is C33H35N3OS2. The van der Waals surface area contributed by atoms with E-state index in [4.69, 9.17) is 17.2 Å². The van der Waals surface area contributed by atoms with Crippen molar-refractivity contribution in [1.29, 1.82) is 0 Å². The first-order chi connectivity index (χ1) is 19.0. The van der Waals surface area contributed by atoms with Gasteiger partial charge in [0.2, 0.25) is 0 Å². The van der Waals surface area contributed by atoms with Gasteiger partial charge in [-0.2, -0.15) is 0 Å². The molecule has 1 fully saturated rings. The summed E-state index contributed by atoms with van der Waals surface area (Å²) in [5.41, 5.74) is 6.00. The van der Waals surface area contributed by atoms with E-state index in [9.17, 15) is 4.79 Å². The fourth-order valence-electron chi connectivity index (χ4n) is 5.24. The topological polar surface area (TPSA) is 45.2 Å². The fourth-order valence-corrected chi connectivity index (χ4v) is 6.48. The van der Waals surface area contributed by atoms with Crippen LogP contribution in [0.25, 0.3) is 11.1 Å². The number of para-hydroxylation sites is 1. The van der Waals surface area contributed by atoms with Crippen LogP contribution in [0.1, 0.15) is 59.2 Å². The number of hydrogen-bond donors (Lipinski definition) is 1. The number of thiocarbonyl (C=S) groups is 1. The summed E-state index contributed by atoms with van der Waals surface area (Å²) < 4.78 is 0. The highest BCUT2D eigenvalue weighted by Crippen LogP contribution is 2.32. The number of amides is 1. The van der Waals surface area contributed by atoms with Gasteiger partial charge >= 0.3 is 0 Å². The lowest BCUT2D eigenvalue weighted by Crippen LogP contribution is -2.40. The number of benzene rings is 3. The molecule has 0 spiro atoms. The van der Waals surface area contributed by atoms with Crippen LogP contribution in [-0.4, -0.2) is 33.9 Å². The number of nitrogens with zero attached hydrogens (tertiary/aromatic N) is 2. The van der Waals surface area contributed by atoms with Gasteiger partial charge in [0.15, 0.2) is 0 Å². The molecule has 1 unspecified atom stereocenters. The highest BCUT2D eigenvalue weighted by molar-refractivity contribution is 7.80. The Morgan fingerprint density at radius 1 is 1.00 bits per heavy atom. The van der Waals surface area contributed by atoms with Crippen molar-refractivity contribution in [2.24, 2.45) is 5.92 Å². The summed E-state index contributed by atoms with van der Waals surface area (Å²) >= 11 is 7.46. The molecule has 200 valence electrons. The highest BCUT2D eigenvalue weighted by atomic mass is 32.1. The summed E-state index contributed by atoms with van der Waals surface area (Å²) in [4.78, 5) is 21.4. The van der Waals surface area contributed by atoms with E-state index in [-0.39, 0.29) is 5.91 Å². The van der Waals surface area contributed by atoms with Crippen molar-refractivity contribution in [3.05, 3.63) is 106 Å².